The molecule has 0 N–H and O–H groups in total. The second kappa shape index (κ2) is 7.81. The Morgan fingerprint density at radius 2 is 1.08 bits per heavy atom. The van der Waals surface area contributed by atoms with Crippen LogP contribution in [0.5, 0.6) is 0 Å². The van der Waals surface area contributed by atoms with Crippen molar-refractivity contribution in [3.63, 3.8) is 0 Å². The van der Waals surface area contributed by atoms with Crippen LogP contribution >= 0.6 is 0 Å². The summed E-state index contributed by atoms with van der Waals surface area (Å²) in [5.74, 6) is 0. The highest BCUT2D eigenvalue weighted by Crippen LogP contribution is 2.40. The fraction of sp³-hybridized carbons (Fsp3) is 0. The molecule has 0 bridgehead atoms. The van der Waals surface area contributed by atoms with Gasteiger partial charge in [0.05, 0.1) is 5.48 Å². The molecule has 0 amide bonds. The van der Waals surface area contributed by atoms with Crippen molar-refractivity contribution in [2.45, 2.75) is 0 Å². The van der Waals surface area contributed by atoms with Crippen molar-refractivity contribution < 1.29 is 9.90 Å². The lowest BCUT2D eigenvalue weighted by Crippen LogP contribution is -1.87. The van der Waals surface area contributed by atoms with Gasteiger partial charge in [0.25, 0.3) is 0 Å². The molecule has 8 aromatic rings. The van der Waals surface area contributed by atoms with Crippen LogP contribution in [0.4, 0.5) is 0 Å². The van der Waals surface area contributed by atoms with E-state index in [0.29, 0.717) is 11.1 Å². The minimum absolute atomic E-state index is 0.0519. The Balaban J connectivity index is 1.45. The van der Waals surface area contributed by atoms with Crippen LogP contribution in [0.2, 0.25) is 0 Å². The Labute approximate surface area is 219 Å². The van der Waals surface area contributed by atoms with E-state index in [0.717, 1.165) is 59.8 Å². The lowest BCUT2D eigenvalue weighted by Gasteiger charge is -2.14. The second-order valence-corrected chi connectivity index (χ2v) is 9.41. The molecule has 0 saturated heterocycles. The molecule has 8 rings (SSSR count). The lowest BCUT2D eigenvalue weighted by molar-refractivity contribution is 0.669. The van der Waals surface area contributed by atoms with Gasteiger partial charge in [-0.25, -0.2) is 0 Å². The summed E-state index contributed by atoms with van der Waals surface area (Å²) in [6.45, 7) is 0. The van der Waals surface area contributed by atoms with E-state index in [4.69, 9.17) is 7.16 Å². The standard InChI is InChI=1S/C36H22O/c1-3-9-28-24(7-1)17-19-31-32(28)22-27-8-2-4-10-29(27)36(31)25-15-13-23(14-16-25)26-18-20-35-33(21-26)30-11-5-6-12-34(30)37-35/h1-22H/i13D,14D,15D,16D. The van der Waals surface area contributed by atoms with Crippen LogP contribution < -0.4 is 0 Å². The van der Waals surface area contributed by atoms with Crippen LogP contribution in [0.1, 0.15) is 5.48 Å². The molecule has 0 aliphatic carbocycles. The highest BCUT2D eigenvalue weighted by atomic mass is 16.3. The Bertz CT molecular complexity index is 2340. The molecule has 1 heteroatoms. The summed E-state index contributed by atoms with van der Waals surface area (Å²) < 4.78 is 42.7. The molecule has 1 nitrogen and oxygen atoms in total. The van der Waals surface area contributed by atoms with E-state index in [1.165, 1.54) is 0 Å². The average Bonchev–Trinajstić information content (AvgIpc) is 3.38. The summed E-state index contributed by atoms with van der Waals surface area (Å²) in [5.41, 5.74) is 3.44. The highest BCUT2D eigenvalue weighted by molar-refractivity contribution is 6.20. The summed E-state index contributed by atoms with van der Waals surface area (Å²) >= 11 is 0. The molecule has 1 heterocycles. The first kappa shape index (κ1) is 16.7. The zero-order valence-electron chi connectivity index (χ0n) is 23.8. The third kappa shape index (κ3) is 3.11. The van der Waals surface area contributed by atoms with E-state index in [1.807, 2.05) is 84.9 Å². The molecule has 172 valence electrons. The normalized spacial score (nSPS) is 13.3. The fourth-order valence-electron chi connectivity index (χ4n) is 5.55. The molecule has 0 spiro atoms. The van der Waals surface area contributed by atoms with E-state index < -0.39 is 0 Å². The van der Waals surface area contributed by atoms with Crippen molar-refractivity contribution in [1.82, 2.24) is 0 Å². The van der Waals surface area contributed by atoms with E-state index in [2.05, 4.69) is 24.3 Å². The summed E-state index contributed by atoms with van der Waals surface area (Å²) in [4.78, 5) is 0. The second-order valence-electron chi connectivity index (χ2n) is 9.41. The molecule has 7 aromatic carbocycles. The van der Waals surface area contributed by atoms with Gasteiger partial charge in [0, 0.05) is 10.8 Å². The third-order valence-electron chi connectivity index (χ3n) is 7.31. The summed E-state index contributed by atoms with van der Waals surface area (Å²) in [6, 6.07) is 35.5. The molecule has 0 aliphatic rings. The van der Waals surface area contributed by atoms with Gasteiger partial charge in [-0.3, -0.25) is 0 Å². The number of rotatable bonds is 2. The van der Waals surface area contributed by atoms with Crippen LogP contribution in [0.3, 0.4) is 0 Å². The SMILES string of the molecule is [2H]c1c([2H])c(-c2c3ccccc3cc3c2ccc2ccccc23)c([2H])c([2H])c1-c1ccc2oc3ccccc3c2c1. The smallest absolute Gasteiger partial charge is 0.135 e. The number of hydrogen-bond donors (Lipinski definition) is 0. The van der Waals surface area contributed by atoms with Crippen LogP contribution in [-0.4, -0.2) is 0 Å². The van der Waals surface area contributed by atoms with Gasteiger partial charge in [-0.15, -0.1) is 0 Å². The largest absolute Gasteiger partial charge is 0.456 e. The summed E-state index contributed by atoms with van der Waals surface area (Å²) in [5, 5.41) is 7.84. The number of fused-ring (bicyclic) bond motifs is 7. The molecular formula is C36H22O. The van der Waals surface area contributed by atoms with Crippen LogP contribution in [0, 0.1) is 0 Å². The van der Waals surface area contributed by atoms with Gasteiger partial charge in [-0.1, -0.05) is 109 Å². The monoisotopic (exact) mass is 474 g/mol. The van der Waals surface area contributed by atoms with Gasteiger partial charge in [0.15, 0.2) is 0 Å². The molecule has 1 aromatic heterocycles. The first-order valence-electron chi connectivity index (χ1n) is 14.4. The van der Waals surface area contributed by atoms with Gasteiger partial charge in [0.1, 0.15) is 11.2 Å². The van der Waals surface area contributed by atoms with Crippen molar-refractivity contribution in [3.8, 4) is 22.3 Å². The van der Waals surface area contributed by atoms with E-state index in [-0.39, 0.29) is 29.7 Å². The topological polar surface area (TPSA) is 13.1 Å². The molecule has 0 atom stereocenters. The number of hydrogen-bond acceptors (Lipinski definition) is 1. The Hall–Kier alpha value is -4.88. The van der Waals surface area contributed by atoms with Gasteiger partial charge < -0.3 is 4.42 Å². The van der Waals surface area contributed by atoms with E-state index in [1.54, 1.807) is 0 Å². The first-order valence-corrected chi connectivity index (χ1v) is 12.4. The van der Waals surface area contributed by atoms with E-state index in [9.17, 15) is 2.74 Å². The minimum atomic E-state index is -0.0602. The summed E-state index contributed by atoms with van der Waals surface area (Å²) in [7, 11) is 0. The predicted molar refractivity (Wildman–Crippen MR) is 157 cm³/mol. The van der Waals surface area contributed by atoms with Gasteiger partial charge in [-0.2, -0.15) is 0 Å². The molecule has 0 unspecified atom stereocenters. The Morgan fingerprint density at radius 3 is 1.95 bits per heavy atom. The fourth-order valence-corrected chi connectivity index (χ4v) is 5.55. The molecule has 0 aliphatic heterocycles. The van der Waals surface area contributed by atoms with Crippen LogP contribution in [0.15, 0.2) is 138 Å². The van der Waals surface area contributed by atoms with Crippen molar-refractivity contribution >= 4 is 54.3 Å². The predicted octanol–water partition coefficient (Wildman–Crippen LogP) is 10.4. The number of furan rings is 1. The third-order valence-corrected chi connectivity index (χ3v) is 7.31. The van der Waals surface area contributed by atoms with Crippen LogP contribution in [-0.2, 0) is 0 Å². The van der Waals surface area contributed by atoms with Crippen molar-refractivity contribution in [2.24, 2.45) is 0 Å². The van der Waals surface area contributed by atoms with Crippen LogP contribution in [0.25, 0.3) is 76.5 Å². The van der Waals surface area contributed by atoms with Crippen molar-refractivity contribution in [2.75, 3.05) is 0 Å². The molecular weight excluding hydrogens is 448 g/mol. The first-order chi connectivity index (χ1) is 20.0. The van der Waals surface area contributed by atoms with Gasteiger partial charge in [-0.05, 0) is 78.8 Å². The van der Waals surface area contributed by atoms with Crippen molar-refractivity contribution in [3.05, 3.63) is 133 Å². The maximum atomic E-state index is 9.23. The highest BCUT2D eigenvalue weighted by Gasteiger charge is 2.13. The Morgan fingerprint density at radius 1 is 0.405 bits per heavy atom. The maximum absolute atomic E-state index is 9.23. The van der Waals surface area contributed by atoms with E-state index >= 15 is 0 Å². The zero-order chi connectivity index (χ0) is 27.8. The van der Waals surface area contributed by atoms with Crippen molar-refractivity contribution in [1.29, 1.82) is 0 Å². The Kier molecular flexibility index (Phi) is 3.53. The maximum Gasteiger partial charge on any atom is 0.135 e. The average molecular weight is 475 g/mol. The van der Waals surface area contributed by atoms with Gasteiger partial charge >= 0.3 is 0 Å². The molecule has 0 fully saturated rings. The molecule has 37 heavy (non-hydrogen) atoms. The zero-order valence-corrected chi connectivity index (χ0v) is 19.8. The quantitative estimate of drug-likeness (QED) is 0.179. The molecule has 0 saturated carbocycles. The number of benzene rings is 7. The number of para-hydroxylation sites is 1. The van der Waals surface area contributed by atoms with Gasteiger partial charge in [0.2, 0.25) is 0 Å². The summed E-state index contributed by atoms with van der Waals surface area (Å²) in [6.07, 6.45) is 0. The minimum Gasteiger partial charge on any atom is -0.456 e. The molecule has 0 radical (unpaired) electrons. The lowest BCUT2D eigenvalue weighted by atomic mass is 9.89.